The number of esters is 1. The number of rotatable bonds is 5. The summed E-state index contributed by atoms with van der Waals surface area (Å²) in [5, 5.41) is 10.9. The van der Waals surface area contributed by atoms with Gasteiger partial charge in [0.2, 0.25) is 0 Å². The van der Waals surface area contributed by atoms with Gasteiger partial charge in [0.1, 0.15) is 6.61 Å². The van der Waals surface area contributed by atoms with Crippen LogP contribution < -0.4 is 34.4 Å². The van der Waals surface area contributed by atoms with E-state index in [4.69, 9.17) is 4.84 Å². The van der Waals surface area contributed by atoms with Gasteiger partial charge in [-0.1, -0.05) is 30.3 Å². The minimum atomic E-state index is -1.65. The SMILES string of the molecule is COC(=O)c1ccc(C(=O)[O-])c(=O)n1OCc1ccccc1.[Li+]. The molecule has 2 rings (SSSR count). The van der Waals surface area contributed by atoms with Crippen molar-refractivity contribution in [2.75, 3.05) is 7.11 Å². The first-order chi connectivity index (χ1) is 10.5. The maximum absolute atomic E-state index is 12.1. The van der Waals surface area contributed by atoms with Gasteiger partial charge in [-0.15, -0.1) is 4.73 Å². The predicted molar refractivity (Wildman–Crippen MR) is 73.1 cm³/mol. The second-order valence-corrected chi connectivity index (χ2v) is 4.27. The van der Waals surface area contributed by atoms with Crippen LogP contribution in [0.5, 0.6) is 0 Å². The maximum atomic E-state index is 12.1. The first kappa shape index (κ1) is 18.6. The van der Waals surface area contributed by atoms with Crippen molar-refractivity contribution in [3.63, 3.8) is 0 Å². The molecule has 0 bridgehead atoms. The average molecular weight is 309 g/mol. The Bertz CT molecular complexity index is 756. The zero-order valence-corrected chi connectivity index (χ0v) is 12.6. The van der Waals surface area contributed by atoms with E-state index in [0.29, 0.717) is 4.73 Å². The van der Waals surface area contributed by atoms with Gasteiger partial charge in [0.05, 0.1) is 18.6 Å². The third-order valence-electron chi connectivity index (χ3n) is 2.86. The molecule has 1 heterocycles. The van der Waals surface area contributed by atoms with Gasteiger partial charge in [-0.25, -0.2) is 4.79 Å². The minimum absolute atomic E-state index is 0. The Labute approximate surface area is 143 Å². The molecule has 0 atom stereocenters. The number of carboxylic acid groups (broad SMARTS) is 1. The van der Waals surface area contributed by atoms with E-state index in [9.17, 15) is 19.5 Å². The van der Waals surface area contributed by atoms with Crippen molar-refractivity contribution in [1.82, 2.24) is 4.73 Å². The molecule has 0 saturated heterocycles. The molecule has 2 aromatic rings. The summed E-state index contributed by atoms with van der Waals surface area (Å²) < 4.78 is 5.14. The number of nitrogens with zero attached hydrogens (tertiary/aromatic N) is 1. The molecule has 0 amide bonds. The number of hydrogen-bond donors (Lipinski definition) is 0. The van der Waals surface area contributed by atoms with Crippen molar-refractivity contribution in [1.29, 1.82) is 0 Å². The summed E-state index contributed by atoms with van der Waals surface area (Å²) in [5.74, 6) is -2.48. The van der Waals surface area contributed by atoms with Gasteiger partial charge in [0, 0.05) is 0 Å². The van der Waals surface area contributed by atoms with E-state index in [-0.39, 0.29) is 31.2 Å². The van der Waals surface area contributed by atoms with E-state index in [0.717, 1.165) is 24.8 Å². The second kappa shape index (κ2) is 8.22. The number of carboxylic acids is 1. The molecule has 0 unspecified atom stereocenters. The Balaban J connectivity index is 0.00000264. The van der Waals surface area contributed by atoms with Crippen LogP contribution in [-0.4, -0.2) is 23.8 Å². The fourth-order valence-corrected chi connectivity index (χ4v) is 1.77. The van der Waals surface area contributed by atoms with Crippen LogP contribution in [0.2, 0.25) is 0 Å². The zero-order chi connectivity index (χ0) is 16.1. The Kier molecular flexibility index (Phi) is 6.63. The number of hydrogen-bond acceptors (Lipinski definition) is 6. The van der Waals surface area contributed by atoms with Crippen molar-refractivity contribution in [3.8, 4) is 0 Å². The van der Waals surface area contributed by atoms with Crippen LogP contribution in [0.15, 0.2) is 47.3 Å². The number of carbonyl (C=O) groups is 2. The Morgan fingerprint density at radius 1 is 1.13 bits per heavy atom. The molecule has 1 aromatic carbocycles. The number of aromatic nitrogens is 1. The standard InChI is InChI=1S/C15H13NO6.Li/c1-21-15(20)12-8-7-11(14(18)19)13(17)16(12)22-9-10-5-3-2-4-6-10;/h2-8H,9H2,1H3,(H,18,19);/q;+1/p-1. The topological polar surface area (TPSA) is 97.7 Å². The van der Waals surface area contributed by atoms with Gasteiger partial charge in [0.25, 0.3) is 5.56 Å². The molecule has 0 aliphatic heterocycles. The first-order valence-corrected chi connectivity index (χ1v) is 6.27. The van der Waals surface area contributed by atoms with Crippen LogP contribution in [0.3, 0.4) is 0 Å². The van der Waals surface area contributed by atoms with E-state index in [1.54, 1.807) is 24.3 Å². The summed E-state index contributed by atoms with van der Waals surface area (Å²) in [7, 11) is 1.14. The number of carbonyl (C=O) groups excluding carboxylic acids is 2. The molecule has 23 heavy (non-hydrogen) atoms. The third kappa shape index (κ3) is 4.25. The quantitative estimate of drug-likeness (QED) is 0.422. The Morgan fingerprint density at radius 2 is 1.78 bits per heavy atom. The van der Waals surface area contributed by atoms with Gasteiger partial charge < -0.3 is 19.5 Å². The molecular weight excluding hydrogens is 297 g/mol. The van der Waals surface area contributed by atoms with E-state index in [2.05, 4.69) is 4.74 Å². The average Bonchev–Trinajstić information content (AvgIpc) is 2.53. The van der Waals surface area contributed by atoms with Gasteiger partial charge >= 0.3 is 24.8 Å². The van der Waals surface area contributed by atoms with Gasteiger partial charge in [-0.3, -0.25) is 4.79 Å². The Morgan fingerprint density at radius 3 is 2.35 bits per heavy atom. The van der Waals surface area contributed by atoms with Crippen LogP contribution >= 0.6 is 0 Å². The number of methoxy groups -OCH3 is 1. The minimum Gasteiger partial charge on any atom is -0.545 e. The summed E-state index contributed by atoms with van der Waals surface area (Å²) >= 11 is 0. The molecule has 0 spiro atoms. The molecule has 7 nitrogen and oxygen atoms in total. The van der Waals surface area contributed by atoms with Crippen LogP contribution in [0, 0.1) is 0 Å². The van der Waals surface area contributed by atoms with Crippen LogP contribution in [0.4, 0.5) is 0 Å². The molecule has 1 aromatic heterocycles. The largest absolute Gasteiger partial charge is 1.00 e. The predicted octanol–water partition coefficient (Wildman–Crippen LogP) is -3.37. The Hall–Kier alpha value is -2.49. The number of aromatic carboxylic acids is 1. The molecule has 8 heteroatoms. The zero-order valence-electron chi connectivity index (χ0n) is 12.6. The van der Waals surface area contributed by atoms with Crippen LogP contribution in [0.1, 0.15) is 26.4 Å². The van der Waals surface area contributed by atoms with E-state index in [1.807, 2.05) is 6.07 Å². The normalized spacial score (nSPS) is 9.61. The molecule has 0 saturated carbocycles. The van der Waals surface area contributed by atoms with Gasteiger partial charge in [-0.05, 0) is 17.7 Å². The molecule has 0 radical (unpaired) electrons. The summed E-state index contributed by atoms with van der Waals surface area (Å²) in [6.07, 6.45) is 0. The molecule has 0 aliphatic rings. The summed E-state index contributed by atoms with van der Waals surface area (Å²) in [6, 6.07) is 11.0. The molecule has 0 fully saturated rings. The van der Waals surface area contributed by atoms with Gasteiger partial charge in [0.15, 0.2) is 5.69 Å². The van der Waals surface area contributed by atoms with E-state index in [1.165, 1.54) is 0 Å². The van der Waals surface area contributed by atoms with Gasteiger partial charge in [-0.2, -0.15) is 0 Å². The monoisotopic (exact) mass is 309 g/mol. The molecular formula is C15H12LiNO6. The molecule has 114 valence electrons. The van der Waals surface area contributed by atoms with Crippen LogP contribution in [0.25, 0.3) is 0 Å². The van der Waals surface area contributed by atoms with E-state index >= 15 is 0 Å². The fraction of sp³-hybridized carbons (Fsp3) is 0.133. The first-order valence-electron chi connectivity index (χ1n) is 6.27. The molecule has 0 N–H and O–H groups in total. The summed E-state index contributed by atoms with van der Waals surface area (Å²) in [4.78, 5) is 39.9. The van der Waals surface area contributed by atoms with E-state index < -0.39 is 23.1 Å². The summed E-state index contributed by atoms with van der Waals surface area (Å²) in [5.41, 5.74) is -1.09. The van der Waals surface area contributed by atoms with Crippen molar-refractivity contribution < 1.29 is 43.1 Å². The van der Waals surface area contributed by atoms with Crippen molar-refractivity contribution >= 4 is 11.9 Å². The molecule has 0 aliphatic carbocycles. The maximum Gasteiger partial charge on any atom is 1.00 e. The third-order valence-corrected chi connectivity index (χ3v) is 2.86. The van der Waals surface area contributed by atoms with Crippen molar-refractivity contribution in [2.24, 2.45) is 0 Å². The van der Waals surface area contributed by atoms with Crippen molar-refractivity contribution in [3.05, 3.63) is 69.6 Å². The van der Waals surface area contributed by atoms with Crippen molar-refractivity contribution in [2.45, 2.75) is 6.61 Å². The second-order valence-electron chi connectivity index (χ2n) is 4.27. The number of ether oxygens (including phenoxy) is 1. The fourth-order valence-electron chi connectivity index (χ4n) is 1.77. The number of benzene rings is 1. The summed E-state index contributed by atoms with van der Waals surface area (Å²) in [6.45, 7) is -0.0265. The number of pyridine rings is 1. The van der Waals surface area contributed by atoms with Crippen LogP contribution in [-0.2, 0) is 11.3 Å². The smallest absolute Gasteiger partial charge is 0.545 e.